The first kappa shape index (κ1) is 27.5. The van der Waals surface area contributed by atoms with E-state index in [1.165, 1.54) is 0 Å². The maximum absolute atomic E-state index is 13.8. The number of nitrogens with zero attached hydrogens (tertiary/aromatic N) is 5. The molecular weight excluding hydrogens is 526 g/mol. The number of hydrogen-bond acceptors (Lipinski definition) is 6. The van der Waals surface area contributed by atoms with E-state index in [2.05, 4.69) is 59.0 Å². The first-order chi connectivity index (χ1) is 20.1. The number of carbonyl (C=O) groups excluding carboxylic acids is 2. The van der Waals surface area contributed by atoms with Crippen LogP contribution in [0.15, 0.2) is 42.6 Å². The van der Waals surface area contributed by atoms with Gasteiger partial charge in [-0.25, -0.2) is 9.78 Å². The molecular formula is C33H45N7O2. The minimum atomic E-state index is -0.348. The van der Waals surface area contributed by atoms with Gasteiger partial charge in [0.1, 0.15) is 5.82 Å². The summed E-state index contributed by atoms with van der Waals surface area (Å²) in [5, 5.41) is 3.43. The molecule has 1 aromatic heterocycles. The number of primary amides is 1. The quantitative estimate of drug-likeness (QED) is 0.566. The van der Waals surface area contributed by atoms with Crippen molar-refractivity contribution >= 4 is 34.8 Å². The molecule has 1 saturated heterocycles. The standard InChI is InChI=1S/C33H45N7O2/c1-32(2,3)38-12-10-37(11-13-38)25-8-9-28(35-21-25)39-14-15-40(27-7-5-4-6-26(27)39)31(42)36-29-23-16-22-17-24(29)20-33(18-22,19-23)30(34)41/h4-9,21-24,29H,10-20H2,1-3H3,(H2,34,41)(H,36,42). The van der Waals surface area contributed by atoms with E-state index in [0.29, 0.717) is 30.8 Å². The fourth-order valence-electron chi connectivity index (χ4n) is 8.95. The number of nitrogens with two attached hydrogens (primary N) is 1. The fourth-order valence-corrected chi connectivity index (χ4v) is 8.95. The molecule has 4 saturated carbocycles. The molecule has 2 atom stereocenters. The van der Waals surface area contributed by atoms with Crippen LogP contribution in [0.2, 0.25) is 0 Å². The van der Waals surface area contributed by atoms with Crippen molar-refractivity contribution in [3.63, 3.8) is 0 Å². The summed E-state index contributed by atoms with van der Waals surface area (Å²) in [4.78, 5) is 40.1. The lowest BCUT2D eigenvalue weighted by Crippen LogP contribution is -2.63. The molecule has 42 heavy (non-hydrogen) atoms. The highest BCUT2D eigenvalue weighted by molar-refractivity contribution is 5.98. The van der Waals surface area contributed by atoms with Crippen LogP contribution in [-0.2, 0) is 4.79 Å². The molecule has 2 aromatic rings. The Morgan fingerprint density at radius 1 is 0.905 bits per heavy atom. The number of hydrogen-bond donors (Lipinski definition) is 2. The number of pyridine rings is 1. The number of carbonyl (C=O) groups is 2. The molecule has 9 nitrogen and oxygen atoms in total. The summed E-state index contributed by atoms with van der Waals surface area (Å²) in [5.74, 6) is 2.00. The number of anilines is 4. The molecule has 2 aliphatic heterocycles. The average Bonchev–Trinajstić information content (AvgIpc) is 2.97. The number of piperazine rings is 1. The summed E-state index contributed by atoms with van der Waals surface area (Å²) >= 11 is 0. The van der Waals surface area contributed by atoms with Crippen molar-refractivity contribution in [3.8, 4) is 0 Å². The van der Waals surface area contributed by atoms with Crippen molar-refractivity contribution in [2.45, 2.75) is 64.5 Å². The predicted molar refractivity (Wildman–Crippen MR) is 166 cm³/mol. The van der Waals surface area contributed by atoms with Crippen molar-refractivity contribution in [1.82, 2.24) is 15.2 Å². The van der Waals surface area contributed by atoms with E-state index in [9.17, 15) is 9.59 Å². The van der Waals surface area contributed by atoms with Gasteiger partial charge in [0.2, 0.25) is 5.91 Å². The van der Waals surface area contributed by atoms with Crippen LogP contribution < -0.4 is 25.8 Å². The van der Waals surface area contributed by atoms with Gasteiger partial charge in [-0.05, 0) is 94.9 Å². The molecule has 8 rings (SSSR count). The van der Waals surface area contributed by atoms with Crippen LogP contribution in [0.1, 0.15) is 52.9 Å². The van der Waals surface area contributed by atoms with Crippen LogP contribution in [0.3, 0.4) is 0 Å². The molecule has 4 bridgehead atoms. The Hall–Kier alpha value is -3.33. The number of para-hydroxylation sites is 2. The summed E-state index contributed by atoms with van der Waals surface area (Å²) in [6, 6.07) is 12.5. The third-order valence-electron chi connectivity index (χ3n) is 10.9. The molecule has 3 heterocycles. The van der Waals surface area contributed by atoms with Gasteiger partial charge >= 0.3 is 6.03 Å². The molecule has 4 aliphatic carbocycles. The van der Waals surface area contributed by atoms with E-state index in [-0.39, 0.29) is 28.9 Å². The van der Waals surface area contributed by atoms with Gasteiger partial charge in [-0.2, -0.15) is 0 Å². The summed E-state index contributed by atoms with van der Waals surface area (Å²) in [6.45, 7) is 12.2. The maximum atomic E-state index is 13.8. The van der Waals surface area contributed by atoms with Crippen LogP contribution >= 0.6 is 0 Å². The van der Waals surface area contributed by atoms with E-state index in [1.807, 2.05) is 29.3 Å². The van der Waals surface area contributed by atoms with Gasteiger partial charge in [0, 0.05) is 56.3 Å². The molecule has 0 spiro atoms. The number of urea groups is 1. The third-order valence-corrected chi connectivity index (χ3v) is 10.9. The first-order valence-corrected chi connectivity index (χ1v) is 15.8. The van der Waals surface area contributed by atoms with Crippen molar-refractivity contribution in [2.24, 2.45) is 28.9 Å². The molecule has 3 N–H and O–H groups in total. The second-order valence-corrected chi connectivity index (χ2v) is 14.4. The predicted octanol–water partition coefficient (Wildman–Crippen LogP) is 4.35. The zero-order valence-electron chi connectivity index (χ0n) is 25.3. The number of fused-ring (bicyclic) bond motifs is 1. The second-order valence-electron chi connectivity index (χ2n) is 14.4. The SMILES string of the molecule is CC(C)(C)N1CCN(c2ccc(N3CCN(C(=O)NC4C5CC6CC4CC(C(N)=O)(C6)C5)c4ccccc43)nc2)CC1. The third kappa shape index (κ3) is 4.70. The van der Waals surface area contributed by atoms with Gasteiger partial charge in [-0.3, -0.25) is 14.6 Å². The second kappa shape index (κ2) is 10.1. The topological polar surface area (TPSA) is 98.0 Å². The average molecular weight is 572 g/mol. The lowest BCUT2D eigenvalue weighted by Gasteiger charge is -2.59. The number of amides is 3. The normalized spacial score (nSPS) is 30.8. The molecule has 1 aromatic carbocycles. The van der Waals surface area contributed by atoms with E-state index >= 15 is 0 Å². The molecule has 224 valence electrons. The maximum Gasteiger partial charge on any atom is 0.322 e. The van der Waals surface area contributed by atoms with Gasteiger partial charge in [-0.15, -0.1) is 0 Å². The van der Waals surface area contributed by atoms with Gasteiger partial charge in [0.15, 0.2) is 0 Å². The zero-order valence-corrected chi connectivity index (χ0v) is 25.3. The Bertz CT molecular complexity index is 1330. The molecule has 0 radical (unpaired) electrons. The van der Waals surface area contributed by atoms with E-state index in [1.54, 1.807) is 0 Å². The zero-order chi connectivity index (χ0) is 29.2. The van der Waals surface area contributed by atoms with Gasteiger partial charge in [0.05, 0.1) is 23.3 Å². The Morgan fingerprint density at radius 3 is 2.21 bits per heavy atom. The number of aromatic nitrogens is 1. The van der Waals surface area contributed by atoms with Crippen molar-refractivity contribution in [3.05, 3.63) is 42.6 Å². The van der Waals surface area contributed by atoms with Crippen molar-refractivity contribution < 1.29 is 9.59 Å². The lowest BCUT2D eigenvalue weighted by atomic mass is 9.47. The Labute approximate surface area is 249 Å². The minimum Gasteiger partial charge on any atom is -0.369 e. The molecule has 9 heteroatoms. The van der Waals surface area contributed by atoms with Crippen molar-refractivity contribution in [1.29, 1.82) is 0 Å². The van der Waals surface area contributed by atoms with E-state index in [0.717, 1.165) is 81.2 Å². The van der Waals surface area contributed by atoms with Gasteiger partial charge in [-0.1, -0.05) is 12.1 Å². The van der Waals surface area contributed by atoms with Crippen LogP contribution in [0.4, 0.5) is 27.7 Å². The van der Waals surface area contributed by atoms with Gasteiger partial charge < -0.3 is 20.9 Å². The fraction of sp³-hybridized carbons (Fsp3) is 0.606. The van der Waals surface area contributed by atoms with E-state index < -0.39 is 0 Å². The summed E-state index contributed by atoms with van der Waals surface area (Å²) in [5.41, 5.74) is 8.80. The minimum absolute atomic E-state index is 0.0367. The first-order valence-electron chi connectivity index (χ1n) is 15.8. The Balaban J connectivity index is 1.04. The largest absolute Gasteiger partial charge is 0.369 e. The Morgan fingerprint density at radius 2 is 1.60 bits per heavy atom. The van der Waals surface area contributed by atoms with Crippen LogP contribution in [0.25, 0.3) is 0 Å². The van der Waals surface area contributed by atoms with E-state index in [4.69, 9.17) is 10.7 Å². The Kier molecular flexibility index (Phi) is 6.64. The number of rotatable bonds is 4. The molecule has 5 fully saturated rings. The highest BCUT2D eigenvalue weighted by atomic mass is 16.2. The number of nitrogens with one attached hydrogen (secondary N) is 1. The highest BCUT2D eigenvalue weighted by Gasteiger charge is 2.58. The molecule has 2 unspecified atom stereocenters. The summed E-state index contributed by atoms with van der Waals surface area (Å²) in [7, 11) is 0. The summed E-state index contributed by atoms with van der Waals surface area (Å²) in [6.07, 6.45) is 6.75. The molecule has 3 amide bonds. The smallest absolute Gasteiger partial charge is 0.322 e. The van der Waals surface area contributed by atoms with Crippen molar-refractivity contribution in [2.75, 3.05) is 54.0 Å². The molecule has 6 aliphatic rings. The van der Waals surface area contributed by atoms with Gasteiger partial charge in [0.25, 0.3) is 0 Å². The van der Waals surface area contributed by atoms with Crippen LogP contribution in [0, 0.1) is 23.2 Å². The number of benzene rings is 1. The monoisotopic (exact) mass is 571 g/mol. The van der Waals surface area contributed by atoms with Crippen LogP contribution in [0.5, 0.6) is 0 Å². The summed E-state index contributed by atoms with van der Waals surface area (Å²) < 4.78 is 0. The lowest BCUT2D eigenvalue weighted by molar-refractivity contribution is -0.145. The van der Waals surface area contributed by atoms with Crippen LogP contribution in [-0.4, -0.2) is 72.7 Å². The highest BCUT2D eigenvalue weighted by Crippen LogP contribution is 2.60.